The molecule has 0 unspecified atom stereocenters. The van der Waals surface area contributed by atoms with E-state index < -0.39 is 0 Å². The molecule has 0 atom stereocenters. The van der Waals surface area contributed by atoms with Crippen LogP contribution in [-0.2, 0) is 11.3 Å². The number of hydrogen-bond donors (Lipinski definition) is 3. The highest BCUT2D eigenvalue weighted by molar-refractivity contribution is 5.95. The third kappa shape index (κ3) is 6.68. The lowest BCUT2D eigenvalue weighted by molar-refractivity contribution is -0.121. The molecule has 0 spiro atoms. The number of nitrogens with one attached hydrogen (secondary N) is 2. The lowest BCUT2D eigenvalue weighted by Gasteiger charge is -2.24. The molecule has 1 aliphatic carbocycles. The maximum Gasteiger partial charge on any atom is 0.321 e. The minimum absolute atomic E-state index is 0.157. The molecule has 0 bridgehead atoms. The molecule has 6 nitrogen and oxygen atoms in total. The monoisotopic (exact) mass is 332 g/mol. The summed E-state index contributed by atoms with van der Waals surface area (Å²) in [5, 5.41) is 5.32. The fourth-order valence-electron chi connectivity index (χ4n) is 3.08. The second kappa shape index (κ2) is 10.1. The van der Waals surface area contributed by atoms with Crippen molar-refractivity contribution in [1.82, 2.24) is 15.5 Å². The van der Waals surface area contributed by atoms with Crippen LogP contribution in [-0.4, -0.2) is 42.5 Å². The quantitative estimate of drug-likeness (QED) is 0.708. The SMILES string of the molecule is NCCN(CC(=O)NC(=O)NC1CCCCC1)Cc1ccccc1. The van der Waals surface area contributed by atoms with Crippen LogP contribution in [0.5, 0.6) is 0 Å². The Hall–Kier alpha value is -1.92. The van der Waals surface area contributed by atoms with Gasteiger partial charge in [0.15, 0.2) is 0 Å². The van der Waals surface area contributed by atoms with Crippen molar-refractivity contribution in [3.8, 4) is 0 Å². The van der Waals surface area contributed by atoms with E-state index in [9.17, 15) is 9.59 Å². The number of hydrogen-bond acceptors (Lipinski definition) is 4. The molecule has 1 fully saturated rings. The molecule has 0 heterocycles. The highest BCUT2D eigenvalue weighted by Gasteiger charge is 2.18. The zero-order chi connectivity index (χ0) is 17.2. The van der Waals surface area contributed by atoms with Gasteiger partial charge in [0, 0.05) is 25.7 Å². The highest BCUT2D eigenvalue weighted by atomic mass is 16.2. The first-order valence-corrected chi connectivity index (χ1v) is 8.74. The predicted octanol–water partition coefficient (Wildman–Crippen LogP) is 1.61. The normalized spacial score (nSPS) is 15.2. The number of nitrogens with zero attached hydrogens (tertiary/aromatic N) is 1. The number of benzene rings is 1. The number of amides is 3. The first kappa shape index (κ1) is 18.4. The molecule has 6 heteroatoms. The van der Waals surface area contributed by atoms with Crippen LogP contribution in [0.2, 0.25) is 0 Å². The summed E-state index contributed by atoms with van der Waals surface area (Å²) in [6, 6.07) is 9.71. The van der Waals surface area contributed by atoms with E-state index in [0.29, 0.717) is 19.6 Å². The van der Waals surface area contributed by atoms with Crippen LogP contribution in [0.4, 0.5) is 4.79 Å². The van der Waals surface area contributed by atoms with Gasteiger partial charge in [-0.1, -0.05) is 49.6 Å². The topological polar surface area (TPSA) is 87.5 Å². The van der Waals surface area contributed by atoms with Gasteiger partial charge in [0.1, 0.15) is 0 Å². The van der Waals surface area contributed by atoms with Crippen LogP contribution in [0.25, 0.3) is 0 Å². The Balaban J connectivity index is 1.77. The summed E-state index contributed by atoms with van der Waals surface area (Å²) in [5.74, 6) is -0.298. The second-order valence-corrected chi connectivity index (χ2v) is 6.34. The number of carbonyl (C=O) groups is 2. The van der Waals surface area contributed by atoms with E-state index in [1.54, 1.807) is 0 Å². The fourth-order valence-corrected chi connectivity index (χ4v) is 3.08. The van der Waals surface area contributed by atoms with Crippen molar-refractivity contribution in [2.45, 2.75) is 44.7 Å². The molecule has 1 aromatic carbocycles. The molecule has 2 rings (SSSR count). The molecular weight excluding hydrogens is 304 g/mol. The Bertz CT molecular complexity index is 515. The highest BCUT2D eigenvalue weighted by Crippen LogP contribution is 2.17. The molecule has 1 aliphatic rings. The number of urea groups is 1. The van der Waals surface area contributed by atoms with E-state index in [2.05, 4.69) is 10.6 Å². The van der Waals surface area contributed by atoms with Gasteiger partial charge in [0.05, 0.1) is 6.54 Å². The molecular formula is C18H28N4O2. The molecule has 132 valence electrons. The Morgan fingerprint density at radius 1 is 1.12 bits per heavy atom. The largest absolute Gasteiger partial charge is 0.335 e. The first-order chi connectivity index (χ1) is 11.7. The van der Waals surface area contributed by atoms with Crippen molar-refractivity contribution in [1.29, 1.82) is 0 Å². The van der Waals surface area contributed by atoms with E-state index in [0.717, 1.165) is 31.2 Å². The van der Waals surface area contributed by atoms with Gasteiger partial charge in [-0.3, -0.25) is 15.0 Å². The molecule has 0 saturated heterocycles. The number of nitrogens with two attached hydrogens (primary N) is 1. The molecule has 3 amide bonds. The summed E-state index contributed by atoms with van der Waals surface area (Å²) in [7, 11) is 0. The second-order valence-electron chi connectivity index (χ2n) is 6.34. The van der Waals surface area contributed by atoms with Crippen LogP contribution in [0, 0.1) is 0 Å². The zero-order valence-electron chi connectivity index (χ0n) is 14.2. The predicted molar refractivity (Wildman–Crippen MR) is 94.3 cm³/mol. The third-order valence-electron chi connectivity index (χ3n) is 4.25. The number of carbonyl (C=O) groups excluding carboxylic acids is 2. The van der Waals surface area contributed by atoms with Crippen molar-refractivity contribution in [2.24, 2.45) is 5.73 Å². The standard InChI is InChI=1S/C18H28N4O2/c19-11-12-22(13-15-7-3-1-4-8-15)14-17(23)21-18(24)20-16-9-5-2-6-10-16/h1,3-4,7-8,16H,2,5-6,9-14,19H2,(H2,20,21,23,24). The Kier molecular flexibility index (Phi) is 7.71. The number of rotatable bonds is 7. The van der Waals surface area contributed by atoms with E-state index in [-0.39, 0.29) is 24.5 Å². The van der Waals surface area contributed by atoms with Crippen LogP contribution in [0.3, 0.4) is 0 Å². The first-order valence-electron chi connectivity index (χ1n) is 8.74. The van der Waals surface area contributed by atoms with Gasteiger partial charge in [-0.25, -0.2) is 4.79 Å². The molecule has 1 aromatic rings. The average Bonchev–Trinajstić information content (AvgIpc) is 2.56. The van der Waals surface area contributed by atoms with Crippen LogP contribution in [0.1, 0.15) is 37.7 Å². The number of imide groups is 1. The van der Waals surface area contributed by atoms with Crippen molar-refractivity contribution >= 4 is 11.9 Å². The fraction of sp³-hybridized carbons (Fsp3) is 0.556. The van der Waals surface area contributed by atoms with Crippen molar-refractivity contribution in [3.05, 3.63) is 35.9 Å². The third-order valence-corrected chi connectivity index (χ3v) is 4.25. The minimum atomic E-state index is -0.390. The van der Waals surface area contributed by atoms with Crippen molar-refractivity contribution in [3.63, 3.8) is 0 Å². The van der Waals surface area contributed by atoms with Crippen LogP contribution < -0.4 is 16.4 Å². The lowest BCUT2D eigenvalue weighted by atomic mass is 9.96. The van der Waals surface area contributed by atoms with E-state index >= 15 is 0 Å². The van der Waals surface area contributed by atoms with Gasteiger partial charge in [0.2, 0.25) is 5.91 Å². The summed E-state index contributed by atoms with van der Waals surface area (Å²) in [6.45, 7) is 1.86. The maximum absolute atomic E-state index is 12.1. The summed E-state index contributed by atoms with van der Waals surface area (Å²) < 4.78 is 0. The Morgan fingerprint density at radius 3 is 2.50 bits per heavy atom. The van der Waals surface area contributed by atoms with Crippen LogP contribution in [0.15, 0.2) is 30.3 Å². The van der Waals surface area contributed by atoms with E-state index in [4.69, 9.17) is 5.73 Å². The molecule has 0 aliphatic heterocycles. The summed E-state index contributed by atoms with van der Waals surface area (Å²) in [5.41, 5.74) is 6.75. The molecule has 24 heavy (non-hydrogen) atoms. The van der Waals surface area contributed by atoms with Gasteiger partial charge in [-0.05, 0) is 18.4 Å². The van der Waals surface area contributed by atoms with Gasteiger partial charge >= 0.3 is 6.03 Å². The van der Waals surface area contributed by atoms with E-state index in [1.165, 1.54) is 6.42 Å². The van der Waals surface area contributed by atoms with Crippen LogP contribution >= 0.6 is 0 Å². The van der Waals surface area contributed by atoms with Gasteiger partial charge < -0.3 is 11.1 Å². The lowest BCUT2D eigenvalue weighted by Crippen LogP contribution is -2.48. The average molecular weight is 332 g/mol. The summed E-state index contributed by atoms with van der Waals surface area (Å²) in [6.07, 6.45) is 5.50. The van der Waals surface area contributed by atoms with Crippen molar-refractivity contribution < 1.29 is 9.59 Å². The maximum atomic E-state index is 12.1. The Labute approximate surface area is 143 Å². The van der Waals surface area contributed by atoms with Gasteiger partial charge in [-0.2, -0.15) is 0 Å². The molecule has 0 aromatic heterocycles. The smallest absolute Gasteiger partial charge is 0.321 e. The molecule has 1 saturated carbocycles. The molecule has 4 N–H and O–H groups in total. The van der Waals surface area contributed by atoms with Crippen molar-refractivity contribution in [2.75, 3.05) is 19.6 Å². The van der Waals surface area contributed by atoms with E-state index in [1.807, 2.05) is 35.2 Å². The van der Waals surface area contributed by atoms with Gasteiger partial charge in [0.25, 0.3) is 0 Å². The Morgan fingerprint density at radius 2 is 1.83 bits per heavy atom. The summed E-state index contributed by atoms with van der Waals surface area (Å²) >= 11 is 0. The molecule has 0 radical (unpaired) electrons. The summed E-state index contributed by atoms with van der Waals surface area (Å²) in [4.78, 5) is 26.0. The zero-order valence-corrected chi connectivity index (χ0v) is 14.2. The minimum Gasteiger partial charge on any atom is -0.335 e. The van der Waals surface area contributed by atoms with Gasteiger partial charge in [-0.15, -0.1) is 0 Å².